The average Bonchev–Trinajstić information content (AvgIpc) is 3.14. The van der Waals surface area contributed by atoms with Gasteiger partial charge in [-0.25, -0.2) is 9.37 Å². The number of aliphatic hydroxyl groups is 1. The maximum Gasteiger partial charge on any atom is 0.191 e. The van der Waals surface area contributed by atoms with Gasteiger partial charge >= 0.3 is 0 Å². The number of aromatic nitrogens is 1. The van der Waals surface area contributed by atoms with Gasteiger partial charge in [-0.15, -0.1) is 11.3 Å². The highest BCUT2D eigenvalue weighted by molar-refractivity contribution is 7.13. The largest absolute Gasteiger partial charge is 0.386 e. The van der Waals surface area contributed by atoms with E-state index in [1.54, 1.807) is 35.7 Å². The second-order valence-corrected chi connectivity index (χ2v) is 6.40. The predicted molar refractivity (Wildman–Crippen MR) is 93.7 cm³/mol. The molecule has 1 fully saturated rings. The number of hydrogen-bond donors (Lipinski definition) is 2. The summed E-state index contributed by atoms with van der Waals surface area (Å²) in [6.45, 7) is 3.16. The molecule has 24 heavy (non-hydrogen) atoms. The Bertz CT molecular complexity index is 686. The van der Waals surface area contributed by atoms with Gasteiger partial charge in [0.05, 0.1) is 6.54 Å². The van der Waals surface area contributed by atoms with E-state index in [1.807, 2.05) is 10.3 Å². The number of rotatable bonds is 4. The van der Waals surface area contributed by atoms with E-state index in [0.717, 1.165) is 31.3 Å². The van der Waals surface area contributed by atoms with Crippen LogP contribution < -0.4 is 10.6 Å². The third kappa shape index (κ3) is 3.82. The summed E-state index contributed by atoms with van der Waals surface area (Å²) in [7, 11) is 0. The van der Waals surface area contributed by atoms with E-state index in [0.29, 0.717) is 5.96 Å². The van der Waals surface area contributed by atoms with Crippen molar-refractivity contribution in [1.82, 2.24) is 9.88 Å². The molecule has 1 atom stereocenters. The summed E-state index contributed by atoms with van der Waals surface area (Å²) < 4.78 is 13.6. The third-order valence-electron chi connectivity index (χ3n) is 3.98. The Hall–Kier alpha value is -2.19. The van der Waals surface area contributed by atoms with Crippen LogP contribution in [0.25, 0.3) is 0 Å². The predicted octanol–water partition coefficient (Wildman–Crippen LogP) is 1.45. The van der Waals surface area contributed by atoms with Gasteiger partial charge in [0.2, 0.25) is 0 Å². The smallest absolute Gasteiger partial charge is 0.191 e. The van der Waals surface area contributed by atoms with Crippen molar-refractivity contribution >= 4 is 22.4 Å². The molecule has 8 heteroatoms. The van der Waals surface area contributed by atoms with Gasteiger partial charge in [0, 0.05) is 43.3 Å². The number of guanidine groups is 1. The van der Waals surface area contributed by atoms with E-state index in [9.17, 15) is 9.50 Å². The normalized spacial score (nSPS) is 17.2. The minimum atomic E-state index is -0.999. The Labute approximate surface area is 144 Å². The Kier molecular flexibility index (Phi) is 5.27. The van der Waals surface area contributed by atoms with Crippen LogP contribution in [-0.2, 0) is 0 Å². The number of piperazine rings is 1. The number of anilines is 1. The fraction of sp³-hybridized carbons (Fsp3) is 0.375. The molecule has 3 rings (SSSR count). The van der Waals surface area contributed by atoms with Crippen molar-refractivity contribution in [3.8, 4) is 0 Å². The molecule has 1 aromatic carbocycles. The average molecular weight is 349 g/mol. The Morgan fingerprint density at radius 3 is 2.75 bits per heavy atom. The number of aliphatic imine (C=N–C) groups is 1. The highest BCUT2D eigenvalue weighted by atomic mass is 32.1. The van der Waals surface area contributed by atoms with Gasteiger partial charge in [-0.3, -0.25) is 4.99 Å². The number of hydrogen-bond acceptors (Lipinski definition) is 5. The van der Waals surface area contributed by atoms with Crippen molar-refractivity contribution in [2.75, 3.05) is 37.6 Å². The van der Waals surface area contributed by atoms with Gasteiger partial charge in [-0.1, -0.05) is 18.2 Å². The van der Waals surface area contributed by atoms with E-state index in [1.165, 1.54) is 6.07 Å². The lowest BCUT2D eigenvalue weighted by Gasteiger charge is -2.35. The van der Waals surface area contributed by atoms with E-state index in [4.69, 9.17) is 5.73 Å². The SMILES string of the molecule is NC(=NCC(O)c1ccccc1F)N1CCN(c2nccs2)CC1. The van der Waals surface area contributed by atoms with E-state index < -0.39 is 11.9 Å². The summed E-state index contributed by atoms with van der Waals surface area (Å²) >= 11 is 1.62. The van der Waals surface area contributed by atoms with Crippen molar-refractivity contribution in [3.63, 3.8) is 0 Å². The molecule has 128 valence electrons. The van der Waals surface area contributed by atoms with E-state index in [2.05, 4.69) is 14.9 Å². The molecule has 0 spiro atoms. The molecule has 2 aromatic rings. The topological polar surface area (TPSA) is 78.0 Å². The molecule has 0 saturated carbocycles. The van der Waals surface area contributed by atoms with Gasteiger partial charge in [-0.2, -0.15) is 0 Å². The van der Waals surface area contributed by atoms with Crippen LogP contribution in [0, 0.1) is 5.82 Å². The maximum absolute atomic E-state index is 13.6. The first-order valence-corrected chi connectivity index (χ1v) is 8.65. The highest BCUT2D eigenvalue weighted by Gasteiger charge is 2.20. The second kappa shape index (κ2) is 7.59. The molecule has 2 heterocycles. The molecule has 3 N–H and O–H groups in total. The van der Waals surface area contributed by atoms with Crippen LogP contribution in [0.3, 0.4) is 0 Å². The van der Waals surface area contributed by atoms with E-state index >= 15 is 0 Å². The molecule has 0 amide bonds. The molecule has 1 aromatic heterocycles. The number of halogens is 1. The number of nitrogens with zero attached hydrogens (tertiary/aromatic N) is 4. The molecule has 0 radical (unpaired) electrons. The molecule has 1 unspecified atom stereocenters. The monoisotopic (exact) mass is 349 g/mol. The molecule has 6 nitrogen and oxygen atoms in total. The fourth-order valence-electron chi connectivity index (χ4n) is 2.62. The summed E-state index contributed by atoms with van der Waals surface area (Å²) in [6.07, 6.45) is 0.799. The summed E-state index contributed by atoms with van der Waals surface area (Å²) in [5.41, 5.74) is 6.26. The molecular weight excluding hydrogens is 329 g/mol. The van der Waals surface area contributed by atoms with Gasteiger partial charge in [-0.05, 0) is 6.07 Å². The van der Waals surface area contributed by atoms with Crippen molar-refractivity contribution in [1.29, 1.82) is 0 Å². The number of aliphatic hydroxyl groups excluding tert-OH is 1. The minimum absolute atomic E-state index is 0.0411. The Balaban J connectivity index is 1.54. The van der Waals surface area contributed by atoms with Crippen LogP contribution in [0.2, 0.25) is 0 Å². The van der Waals surface area contributed by atoms with Crippen molar-refractivity contribution in [2.24, 2.45) is 10.7 Å². The Morgan fingerprint density at radius 2 is 2.08 bits per heavy atom. The van der Waals surface area contributed by atoms with Gasteiger partial charge in [0.15, 0.2) is 11.1 Å². The zero-order chi connectivity index (χ0) is 16.9. The third-order valence-corrected chi connectivity index (χ3v) is 4.82. The molecule has 1 aliphatic heterocycles. The fourth-order valence-corrected chi connectivity index (χ4v) is 3.32. The van der Waals surface area contributed by atoms with Crippen molar-refractivity contribution in [3.05, 3.63) is 47.2 Å². The first-order chi connectivity index (χ1) is 11.6. The summed E-state index contributed by atoms with van der Waals surface area (Å²) in [5, 5.41) is 13.1. The standard InChI is InChI=1S/C16H20FN5OS/c17-13-4-2-1-3-12(13)14(23)11-20-15(18)21-6-8-22(9-7-21)16-19-5-10-24-16/h1-5,10,14,23H,6-9,11H2,(H2,18,20). The Morgan fingerprint density at radius 1 is 1.33 bits per heavy atom. The first-order valence-electron chi connectivity index (χ1n) is 7.77. The van der Waals surface area contributed by atoms with Crippen molar-refractivity contribution in [2.45, 2.75) is 6.10 Å². The first kappa shape index (κ1) is 16.7. The van der Waals surface area contributed by atoms with Crippen LogP contribution in [0.5, 0.6) is 0 Å². The molecule has 1 saturated heterocycles. The van der Waals surface area contributed by atoms with Crippen LogP contribution in [0.4, 0.5) is 9.52 Å². The molecular formula is C16H20FN5OS. The quantitative estimate of drug-likeness (QED) is 0.645. The maximum atomic E-state index is 13.6. The van der Waals surface area contributed by atoms with Crippen LogP contribution in [0.15, 0.2) is 40.8 Å². The number of thiazole rings is 1. The van der Waals surface area contributed by atoms with Crippen molar-refractivity contribution < 1.29 is 9.50 Å². The van der Waals surface area contributed by atoms with E-state index in [-0.39, 0.29) is 12.1 Å². The summed E-state index contributed by atoms with van der Waals surface area (Å²) in [4.78, 5) is 12.7. The number of nitrogens with two attached hydrogens (primary N) is 1. The zero-order valence-corrected chi connectivity index (χ0v) is 14.0. The van der Waals surface area contributed by atoms with Gasteiger partial charge in [0.25, 0.3) is 0 Å². The molecule has 0 bridgehead atoms. The highest BCUT2D eigenvalue weighted by Crippen LogP contribution is 2.19. The van der Waals surface area contributed by atoms with Crippen LogP contribution >= 0.6 is 11.3 Å². The van der Waals surface area contributed by atoms with Gasteiger partial charge < -0.3 is 20.6 Å². The number of benzene rings is 1. The molecule has 1 aliphatic rings. The van der Waals surface area contributed by atoms with Crippen LogP contribution in [-0.4, -0.2) is 53.7 Å². The van der Waals surface area contributed by atoms with Gasteiger partial charge in [0.1, 0.15) is 11.9 Å². The lowest BCUT2D eigenvalue weighted by molar-refractivity contribution is 0.181. The zero-order valence-electron chi connectivity index (χ0n) is 13.2. The second-order valence-electron chi connectivity index (χ2n) is 5.52. The minimum Gasteiger partial charge on any atom is -0.386 e. The molecule has 0 aliphatic carbocycles. The van der Waals surface area contributed by atoms with Crippen LogP contribution in [0.1, 0.15) is 11.7 Å². The lowest BCUT2D eigenvalue weighted by atomic mass is 10.1. The summed E-state index contributed by atoms with van der Waals surface area (Å²) in [6, 6.07) is 6.15. The summed E-state index contributed by atoms with van der Waals surface area (Å²) in [5.74, 6) is -0.0555. The lowest BCUT2D eigenvalue weighted by Crippen LogP contribution is -2.51.